The first-order chi connectivity index (χ1) is 11.7. The Kier molecular flexibility index (Phi) is 9.55. The third-order valence-electron chi connectivity index (χ3n) is 3.71. The predicted molar refractivity (Wildman–Crippen MR) is 116 cm³/mol. The second-order valence-electron chi connectivity index (χ2n) is 6.05. The number of hydrogen-bond donors (Lipinski definition) is 0. The minimum absolute atomic E-state index is 0.577. The molecule has 0 bridgehead atoms. The van der Waals surface area contributed by atoms with Crippen LogP contribution < -0.4 is 0 Å². The third-order valence-corrected chi connectivity index (χ3v) is 5.23. The minimum Gasteiger partial charge on any atom is -0.366 e. The summed E-state index contributed by atoms with van der Waals surface area (Å²) in [6.07, 6.45) is 5.54. The van der Waals surface area contributed by atoms with Crippen molar-refractivity contribution in [1.29, 1.82) is 0 Å². The molecule has 5 heteroatoms. The van der Waals surface area contributed by atoms with E-state index in [1.54, 1.807) is 0 Å². The predicted octanol–water partition coefficient (Wildman–Crippen LogP) is 7.03. The lowest BCUT2D eigenvalue weighted by atomic mass is 10.0. The molecule has 0 atom stereocenters. The number of hydrogen-bond acceptors (Lipinski definition) is 1. The number of halogens is 3. The summed E-state index contributed by atoms with van der Waals surface area (Å²) in [5, 5.41) is 1.16. The van der Waals surface area contributed by atoms with E-state index in [0.29, 0.717) is 10.0 Å². The first-order valence-electron chi connectivity index (χ1n) is 8.15. The van der Waals surface area contributed by atoms with Gasteiger partial charge in [0.2, 0.25) is 0 Å². The van der Waals surface area contributed by atoms with Gasteiger partial charge < -0.3 is 4.90 Å². The number of allylic oxidation sites excluding steroid dienone is 4. The quantitative estimate of drug-likeness (QED) is 0.239. The lowest BCUT2D eigenvalue weighted by molar-refractivity contribution is 0.551. The van der Waals surface area contributed by atoms with E-state index in [1.807, 2.05) is 56.4 Å². The molecule has 0 unspecified atom stereocenters. The molecule has 1 aromatic rings. The Hall–Kier alpha value is -1.03. The molecule has 0 aliphatic carbocycles. The van der Waals surface area contributed by atoms with Crippen LogP contribution in [0.3, 0.4) is 0 Å². The highest BCUT2D eigenvalue weighted by Crippen LogP contribution is 2.26. The molecule has 25 heavy (non-hydrogen) atoms. The van der Waals surface area contributed by atoms with Crippen LogP contribution in [0.25, 0.3) is 0 Å². The van der Waals surface area contributed by atoms with Crippen molar-refractivity contribution in [2.75, 3.05) is 13.6 Å². The molecule has 1 aromatic carbocycles. The first-order valence-corrected chi connectivity index (χ1v) is 9.70. The summed E-state index contributed by atoms with van der Waals surface area (Å²) < 4.78 is 0.958. The van der Waals surface area contributed by atoms with Gasteiger partial charge in [0.05, 0.1) is 22.1 Å². The van der Waals surface area contributed by atoms with Crippen LogP contribution in [0.2, 0.25) is 10.0 Å². The van der Waals surface area contributed by atoms with E-state index in [4.69, 9.17) is 23.2 Å². The molecule has 2 nitrogen and oxygen atoms in total. The maximum atomic E-state index is 6.07. The summed E-state index contributed by atoms with van der Waals surface area (Å²) in [5.41, 5.74) is 4.24. The van der Waals surface area contributed by atoms with Crippen molar-refractivity contribution in [2.45, 2.75) is 33.6 Å². The van der Waals surface area contributed by atoms with Crippen molar-refractivity contribution in [2.24, 2.45) is 4.99 Å². The number of benzene rings is 1. The Morgan fingerprint density at radius 2 is 1.96 bits per heavy atom. The van der Waals surface area contributed by atoms with Crippen molar-refractivity contribution in [3.8, 4) is 0 Å². The molecule has 0 radical (unpaired) electrons. The molecule has 0 saturated heterocycles. The molecular weight excluding hydrogens is 419 g/mol. The standard InChI is InChI=1S/C20H25BrCl2N2/c1-6-25(5)13-24-20(14(2)3)12-17(21)15(4)7-8-16-9-10-18(22)19(23)11-16/h9-13H,4,6-8H2,1-3,5H3/b17-12+,24-13?. The topological polar surface area (TPSA) is 15.6 Å². The van der Waals surface area contributed by atoms with E-state index in [0.717, 1.165) is 46.3 Å². The van der Waals surface area contributed by atoms with Crippen molar-refractivity contribution >= 4 is 45.5 Å². The number of rotatable bonds is 8. The molecule has 0 aliphatic heterocycles. The van der Waals surface area contributed by atoms with Crippen molar-refractivity contribution in [3.05, 3.63) is 67.8 Å². The van der Waals surface area contributed by atoms with Gasteiger partial charge in [-0.05, 0) is 63.0 Å². The molecule has 1 rings (SSSR count). The third kappa shape index (κ3) is 7.81. The molecule has 0 amide bonds. The van der Waals surface area contributed by atoms with Crippen LogP contribution in [0, 0.1) is 0 Å². The lowest BCUT2D eigenvalue weighted by Gasteiger charge is -2.10. The van der Waals surface area contributed by atoms with Gasteiger partial charge in [0.25, 0.3) is 0 Å². The largest absolute Gasteiger partial charge is 0.366 e. The van der Waals surface area contributed by atoms with Crippen molar-refractivity contribution in [3.63, 3.8) is 0 Å². The van der Waals surface area contributed by atoms with Crippen LogP contribution >= 0.6 is 39.1 Å². The Bertz CT molecular complexity index is 702. The van der Waals surface area contributed by atoms with Gasteiger partial charge in [0.15, 0.2) is 0 Å². The van der Waals surface area contributed by atoms with Gasteiger partial charge in [0, 0.05) is 18.1 Å². The number of nitrogens with zero attached hydrogens (tertiary/aromatic N) is 2. The maximum absolute atomic E-state index is 6.07. The smallest absolute Gasteiger partial charge is 0.0909 e. The molecule has 0 spiro atoms. The van der Waals surface area contributed by atoms with E-state index in [9.17, 15) is 0 Å². The summed E-state index contributed by atoms with van der Waals surface area (Å²) in [4.78, 5) is 6.59. The van der Waals surface area contributed by atoms with E-state index in [1.165, 1.54) is 0 Å². The Morgan fingerprint density at radius 1 is 1.28 bits per heavy atom. The van der Waals surface area contributed by atoms with Crippen LogP contribution in [0.1, 0.15) is 32.8 Å². The van der Waals surface area contributed by atoms with Gasteiger partial charge >= 0.3 is 0 Å². The van der Waals surface area contributed by atoms with Gasteiger partial charge in [-0.1, -0.05) is 57.4 Å². The zero-order chi connectivity index (χ0) is 19.0. The normalized spacial score (nSPS) is 11.7. The Balaban J connectivity index is 2.78. The highest BCUT2D eigenvalue weighted by Gasteiger charge is 2.05. The van der Waals surface area contributed by atoms with Gasteiger partial charge in [-0.15, -0.1) is 0 Å². The van der Waals surface area contributed by atoms with Crippen molar-refractivity contribution < 1.29 is 0 Å². The Labute approximate surface area is 170 Å². The van der Waals surface area contributed by atoms with Gasteiger partial charge in [-0.3, -0.25) is 0 Å². The highest BCUT2D eigenvalue weighted by atomic mass is 79.9. The fourth-order valence-electron chi connectivity index (χ4n) is 1.88. The van der Waals surface area contributed by atoms with Crippen molar-refractivity contribution in [1.82, 2.24) is 4.90 Å². The van der Waals surface area contributed by atoms with E-state index in [2.05, 4.69) is 34.4 Å². The average molecular weight is 444 g/mol. The lowest BCUT2D eigenvalue weighted by Crippen LogP contribution is -2.14. The number of aryl methyl sites for hydroxylation is 1. The van der Waals surface area contributed by atoms with Crippen LogP contribution in [-0.2, 0) is 6.42 Å². The highest BCUT2D eigenvalue weighted by molar-refractivity contribution is 9.12. The molecular formula is C20H25BrCl2N2. The number of aliphatic imine (C=N–C) groups is 1. The van der Waals surface area contributed by atoms with Crippen LogP contribution in [-0.4, -0.2) is 24.8 Å². The molecule has 0 saturated carbocycles. The van der Waals surface area contributed by atoms with Crippen LogP contribution in [0.4, 0.5) is 0 Å². The summed E-state index contributed by atoms with van der Waals surface area (Å²) in [5.74, 6) is 0. The minimum atomic E-state index is 0.577. The Morgan fingerprint density at radius 3 is 2.52 bits per heavy atom. The summed E-state index contributed by atoms with van der Waals surface area (Å²) in [6.45, 7) is 11.3. The SMILES string of the molecule is C=C(CCc1ccc(Cl)c(Cl)c1)/C(Br)=C\C(N=CN(C)CC)=C(C)C. The summed E-state index contributed by atoms with van der Waals surface area (Å²) in [7, 11) is 2.00. The monoisotopic (exact) mass is 442 g/mol. The second-order valence-corrected chi connectivity index (χ2v) is 7.72. The van der Waals surface area contributed by atoms with Crippen LogP contribution in [0.15, 0.2) is 57.2 Å². The molecule has 0 aromatic heterocycles. The fraction of sp³-hybridized carbons (Fsp3) is 0.350. The maximum Gasteiger partial charge on any atom is 0.0909 e. The fourth-order valence-corrected chi connectivity index (χ4v) is 2.62. The van der Waals surface area contributed by atoms with Gasteiger partial charge in [-0.2, -0.15) is 0 Å². The molecule has 0 fully saturated rings. The summed E-state index contributed by atoms with van der Waals surface area (Å²) in [6, 6.07) is 5.72. The van der Waals surface area contributed by atoms with Crippen LogP contribution in [0.5, 0.6) is 0 Å². The second kappa shape index (κ2) is 10.8. The molecule has 0 aliphatic rings. The zero-order valence-corrected chi connectivity index (χ0v) is 18.3. The zero-order valence-electron chi connectivity index (χ0n) is 15.2. The average Bonchev–Trinajstić information content (AvgIpc) is 2.58. The molecule has 136 valence electrons. The van der Waals surface area contributed by atoms with Gasteiger partial charge in [0.1, 0.15) is 0 Å². The van der Waals surface area contributed by atoms with E-state index >= 15 is 0 Å². The molecule has 0 heterocycles. The molecule has 0 N–H and O–H groups in total. The first kappa shape index (κ1) is 22.0. The summed E-state index contributed by atoms with van der Waals surface area (Å²) >= 11 is 15.7. The van der Waals surface area contributed by atoms with E-state index < -0.39 is 0 Å². The van der Waals surface area contributed by atoms with Gasteiger partial charge in [-0.25, -0.2) is 4.99 Å². The van der Waals surface area contributed by atoms with E-state index in [-0.39, 0.29) is 0 Å².